The monoisotopic (exact) mass is 330 g/mol. The number of carbonyl (C=O) groups is 1. The molecule has 130 valence electrons. The Hall–Kier alpha value is -1.46. The van der Waals surface area contributed by atoms with Crippen LogP contribution >= 0.6 is 0 Å². The van der Waals surface area contributed by atoms with Crippen LogP contribution in [0.1, 0.15) is 42.6 Å². The molecule has 3 aliphatic rings. The van der Waals surface area contributed by atoms with Crippen molar-refractivity contribution in [3.8, 4) is 0 Å². The molecule has 2 aliphatic heterocycles. The summed E-state index contributed by atoms with van der Waals surface area (Å²) in [6, 6.07) is 5.50. The van der Waals surface area contributed by atoms with E-state index in [-0.39, 0.29) is 17.4 Å². The van der Waals surface area contributed by atoms with Gasteiger partial charge in [-0.25, -0.2) is 0 Å². The van der Waals surface area contributed by atoms with E-state index in [1.54, 1.807) is 12.3 Å². The van der Waals surface area contributed by atoms with Crippen molar-refractivity contribution < 1.29 is 14.3 Å². The Morgan fingerprint density at radius 2 is 2.29 bits per heavy atom. The lowest BCUT2D eigenvalue weighted by molar-refractivity contribution is -0.147. The smallest absolute Gasteiger partial charge is 0.272 e. The van der Waals surface area contributed by atoms with Crippen LogP contribution in [0.2, 0.25) is 0 Å². The Labute approximate surface area is 143 Å². The van der Waals surface area contributed by atoms with Crippen LogP contribution in [0, 0.1) is 11.3 Å². The Bertz CT molecular complexity index is 575. The van der Waals surface area contributed by atoms with Crippen LogP contribution in [0.25, 0.3) is 0 Å². The second-order valence-corrected chi connectivity index (χ2v) is 7.51. The van der Waals surface area contributed by atoms with Crippen LogP contribution < -0.4 is 0 Å². The molecule has 5 nitrogen and oxygen atoms in total. The second-order valence-electron chi connectivity index (χ2n) is 7.51. The van der Waals surface area contributed by atoms with E-state index in [1.807, 2.05) is 17.0 Å². The number of piperidine rings is 1. The van der Waals surface area contributed by atoms with Crippen molar-refractivity contribution in [1.29, 1.82) is 0 Å². The molecule has 1 amide bonds. The van der Waals surface area contributed by atoms with E-state index in [9.17, 15) is 4.79 Å². The first-order valence-electron chi connectivity index (χ1n) is 9.16. The molecule has 1 aliphatic carbocycles. The lowest BCUT2D eigenvalue weighted by Gasteiger charge is -2.50. The summed E-state index contributed by atoms with van der Waals surface area (Å²) in [5, 5.41) is 0. The molecule has 2 saturated heterocycles. The maximum atomic E-state index is 12.8. The number of amides is 1. The molecule has 0 aromatic carbocycles. The van der Waals surface area contributed by atoms with Gasteiger partial charge < -0.3 is 14.4 Å². The van der Waals surface area contributed by atoms with Gasteiger partial charge in [-0.05, 0) is 50.2 Å². The number of nitrogens with zero attached hydrogens (tertiary/aromatic N) is 2. The maximum absolute atomic E-state index is 12.8. The van der Waals surface area contributed by atoms with Crippen LogP contribution in [0.15, 0.2) is 24.4 Å². The fraction of sp³-hybridized carbons (Fsp3) is 0.684. The molecule has 4 rings (SSSR count). The zero-order valence-corrected chi connectivity index (χ0v) is 14.2. The van der Waals surface area contributed by atoms with Crippen molar-refractivity contribution in [3.63, 3.8) is 0 Å². The Balaban J connectivity index is 1.46. The van der Waals surface area contributed by atoms with Crippen LogP contribution in [0.4, 0.5) is 0 Å². The van der Waals surface area contributed by atoms with E-state index >= 15 is 0 Å². The van der Waals surface area contributed by atoms with Crippen molar-refractivity contribution in [3.05, 3.63) is 30.1 Å². The van der Waals surface area contributed by atoms with Crippen molar-refractivity contribution >= 4 is 5.91 Å². The van der Waals surface area contributed by atoms with Gasteiger partial charge in [-0.3, -0.25) is 9.78 Å². The second kappa shape index (κ2) is 6.81. The summed E-state index contributed by atoms with van der Waals surface area (Å²) >= 11 is 0. The average molecular weight is 330 g/mol. The molecule has 0 radical (unpaired) electrons. The van der Waals surface area contributed by atoms with E-state index in [2.05, 4.69) is 4.98 Å². The number of aromatic nitrogens is 1. The lowest BCUT2D eigenvalue weighted by Crippen LogP contribution is -2.58. The van der Waals surface area contributed by atoms with Gasteiger partial charge in [-0.1, -0.05) is 6.07 Å². The third-order valence-corrected chi connectivity index (χ3v) is 5.60. The molecule has 24 heavy (non-hydrogen) atoms. The van der Waals surface area contributed by atoms with E-state index in [1.165, 1.54) is 12.8 Å². The van der Waals surface area contributed by atoms with Crippen LogP contribution in [-0.4, -0.2) is 54.8 Å². The van der Waals surface area contributed by atoms with Gasteiger partial charge in [0.2, 0.25) is 0 Å². The molecule has 0 unspecified atom stereocenters. The summed E-state index contributed by atoms with van der Waals surface area (Å²) in [5.74, 6) is 0.792. The third kappa shape index (κ3) is 3.33. The highest BCUT2D eigenvalue weighted by Crippen LogP contribution is 2.41. The van der Waals surface area contributed by atoms with Gasteiger partial charge in [-0.15, -0.1) is 0 Å². The Kier molecular flexibility index (Phi) is 4.55. The lowest BCUT2D eigenvalue weighted by atomic mass is 9.73. The fourth-order valence-electron chi connectivity index (χ4n) is 4.04. The minimum atomic E-state index is -0.0458. The number of ether oxygens (including phenoxy) is 2. The molecule has 1 aromatic heterocycles. The molecule has 2 atom stereocenters. The van der Waals surface area contributed by atoms with E-state index in [4.69, 9.17) is 9.47 Å². The molecule has 0 spiro atoms. The highest BCUT2D eigenvalue weighted by Gasteiger charge is 2.47. The highest BCUT2D eigenvalue weighted by atomic mass is 16.5. The fourth-order valence-corrected chi connectivity index (χ4v) is 4.04. The van der Waals surface area contributed by atoms with Gasteiger partial charge in [-0.2, -0.15) is 0 Å². The first-order valence-corrected chi connectivity index (χ1v) is 9.16. The molecule has 3 heterocycles. The number of hydrogen-bond acceptors (Lipinski definition) is 4. The topological polar surface area (TPSA) is 51.7 Å². The average Bonchev–Trinajstić information content (AvgIpc) is 3.45. The summed E-state index contributed by atoms with van der Waals surface area (Å²) in [6.45, 7) is 3.87. The Morgan fingerprint density at radius 1 is 1.38 bits per heavy atom. The quantitative estimate of drug-likeness (QED) is 0.832. The Morgan fingerprint density at radius 3 is 3.08 bits per heavy atom. The molecule has 3 fully saturated rings. The van der Waals surface area contributed by atoms with Crippen LogP contribution in [-0.2, 0) is 9.47 Å². The first kappa shape index (κ1) is 16.0. The molecular formula is C19H26N2O3. The van der Waals surface area contributed by atoms with E-state index < -0.39 is 0 Å². The van der Waals surface area contributed by atoms with Crippen LogP contribution in [0.3, 0.4) is 0 Å². The van der Waals surface area contributed by atoms with E-state index in [0.717, 1.165) is 51.5 Å². The van der Waals surface area contributed by atoms with Gasteiger partial charge in [0.25, 0.3) is 5.91 Å². The first-order chi connectivity index (χ1) is 11.8. The van der Waals surface area contributed by atoms with Gasteiger partial charge in [0, 0.05) is 37.9 Å². The number of hydrogen-bond donors (Lipinski definition) is 0. The van der Waals surface area contributed by atoms with Crippen molar-refractivity contribution in [2.45, 2.75) is 38.2 Å². The van der Waals surface area contributed by atoms with Gasteiger partial charge in [0.05, 0.1) is 12.7 Å². The summed E-state index contributed by atoms with van der Waals surface area (Å²) in [7, 11) is 0. The molecule has 1 saturated carbocycles. The number of rotatable bonds is 5. The standard InChI is InChI=1S/C19H26N2O3/c22-18(16-4-1-2-9-20-16)21-10-7-17-19(13-21,8-3-11-24-17)14-23-12-15-5-6-15/h1-2,4,9,15,17H,3,5-8,10-14H2/t17-,19-/m0/s1. The minimum Gasteiger partial charge on any atom is -0.380 e. The zero-order chi connectivity index (χ0) is 16.4. The molecule has 5 heteroatoms. The maximum Gasteiger partial charge on any atom is 0.272 e. The summed E-state index contributed by atoms with van der Waals surface area (Å²) in [6.07, 6.45) is 7.53. The van der Waals surface area contributed by atoms with Gasteiger partial charge in [0.15, 0.2) is 0 Å². The summed E-state index contributed by atoms with van der Waals surface area (Å²) in [4.78, 5) is 19.0. The van der Waals surface area contributed by atoms with Crippen molar-refractivity contribution in [2.24, 2.45) is 11.3 Å². The predicted octanol–water partition coefficient (Wildman–Crippen LogP) is 2.52. The van der Waals surface area contributed by atoms with E-state index in [0.29, 0.717) is 12.3 Å². The molecular weight excluding hydrogens is 304 g/mol. The predicted molar refractivity (Wildman–Crippen MR) is 89.7 cm³/mol. The van der Waals surface area contributed by atoms with Crippen molar-refractivity contribution in [1.82, 2.24) is 9.88 Å². The highest BCUT2D eigenvalue weighted by molar-refractivity contribution is 5.92. The summed E-state index contributed by atoms with van der Waals surface area (Å²) in [5.41, 5.74) is 0.484. The SMILES string of the molecule is O=C(c1ccccn1)N1CC[C@@H]2OCCC[C@@]2(COCC2CC2)C1. The molecule has 1 aromatic rings. The van der Waals surface area contributed by atoms with Gasteiger partial charge >= 0.3 is 0 Å². The zero-order valence-electron chi connectivity index (χ0n) is 14.2. The number of pyridine rings is 1. The molecule has 0 N–H and O–H groups in total. The van der Waals surface area contributed by atoms with Crippen molar-refractivity contribution in [2.75, 3.05) is 32.9 Å². The molecule has 0 bridgehead atoms. The number of fused-ring (bicyclic) bond motifs is 1. The van der Waals surface area contributed by atoms with Crippen LogP contribution in [0.5, 0.6) is 0 Å². The number of carbonyl (C=O) groups excluding carboxylic acids is 1. The minimum absolute atomic E-state index is 0.0289. The third-order valence-electron chi connectivity index (χ3n) is 5.60. The van der Waals surface area contributed by atoms with Gasteiger partial charge in [0.1, 0.15) is 5.69 Å². The normalized spacial score (nSPS) is 30.0. The summed E-state index contributed by atoms with van der Waals surface area (Å²) < 4.78 is 12.1. The number of likely N-dealkylation sites (tertiary alicyclic amines) is 1. The largest absolute Gasteiger partial charge is 0.380 e.